The van der Waals surface area contributed by atoms with Gasteiger partial charge < -0.3 is 5.32 Å². The molecule has 0 aliphatic heterocycles. The minimum Gasteiger partial charge on any atom is -0.377 e. The fraction of sp³-hybridized carbons (Fsp3) is 0.133. The van der Waals surface area contributed by atoms with Gasteiger partial charge in [0.1, 0.15) is 11.1 Å². The summed E-state index contributed by atoms with van der Waals surface area (Å²) in [7, 11) is 0. The summed E-state index contributed by atoms with van der Waals surface area (Å²) >= 11 is 1.59. The van der Waals surface area contributed by atoms with E-state index in [-0.39, 0.29) is 0 Å². The lowest BCUT2D eigenvalue weighted by molar-refractivity contribution is 1.10. The molecule has 0 saturated heterocycles. The number of thiazole rings is 1. The molecule has 0 unspecified atom stereocenters. The summed E-state index contributed by atoms with van der Waals surface area (Å²) < 4.78 is 0. The number of hydrogen-bond donors (Lipinski definition) is 1. The number of nitrogens with zero attached hydrogens (tertiary/aromatic N) is 3. The fourth-order valence-electron chi connectivity index (χ4n) is 2.08. The highest BCUT2D eigenvalue weighted by atomic mass is 32.1. The first-order valence-corrected chi connectivity index (χ1v) is 7.07. The maximum atomic E-state index is 9.25. The molecule has 5 heteroatoms. The van der Waals surface area contributed by atoms with Crippen LogP contribution in [0.4, 0.5) is 5.69 Å². The maximum Gasteiger partial charge on any atom is 0.112 e. The number of fused-ring (bicyclic) bond motifs is 1. The first-order chi connectivity index (χ1) is 9.78. The Bertz CT molecular complexity index is 787. The van der Waals surface area contributed by atoms with Crippen molar-refractivity contribution in [1.82, 2.24) is 9.97 Å². The van der Waals surface area contributed by atoms with Gasteiger partial charge in [-0.2, -0.15) is 5.26 Å². The number of anilines is 1. The molecule has 0 aliphatic carbocycles. The van der Waals surface area contributed by atoms with Crippen molar-refractivity contribution in [2.24, 2.45) is 0 Å². The van der Waals surface area contributed by atoms with Crippen LogP contribution in [0.2, 0.25) is 0 Å². The Morgan fingerprint density at radius 3 is 3.00 bits per heavy atom. The van der Waals surface area contributed by atoms with Gasteiger partial charge in [0.2, 0.25) is 0 Å². The third kappa shape index (κ3) is 2.33. The highest BCUT2D eigenvalue weighted by Gasteiger charge is 2.09. The number of nitriles is 1. The molecule has 4 nitrogen and oxygen atoms in total. The van der Waals surface area contributed by atoms with Gasteiger partial charge in [0.25, 0.3) is 0 Å². The summed E-state index contributed by atoms with van der Waals surface area (Å²) in [5.41, 5.74) is 3.43. The quantitative estimate of drug-likeness (QED) is 0.797. The van der Waals surface area contributed by atoms with Crippen molar-refractivity contribution in [1.29, 1.82) is 5.26 Å². The van der Waals surface area contributed by atoms with Crippen molar-refractivity contribution in [2.75, 3.05) is 5.32 Å². The zero-order chi connectivity index (χ0) is 13.9. The molecule has 2 heterocycles. The van der Waals surface area contributed by atoms with Crippen LogP contribution in [0.1, 0.15) is 16.1 Å². The second-order valence-electron chi connectivity index (χ2n) is 4.46. The number of aryl methyl sites for hydroxylation is 1. The molecule has 98 valence electrons. The van der Waals surface area contributed by atoms with E-state index in [1.54, 1.807) is 23.7 Å². The second kappa shape index (κ2) is 5.27. The van der Waals surface area contributed by atoms with E-state index >= 15 is 0 Å². The van der Waals surface area contributed by atoms with Gasteiger partial charge in [0.15, 0.2) is 0 Å². The summed E-state index contributed by atoms with van der Waals surface area (Å²) in [5, 5.41) is 16.5. The molecule has 0 spiro atoms. The van der Waals surface area contributed by atoms with Crippen molar-refractivity contribution in [3.8, 4) is 6.07 Å². The smallest absolute Gasteiger partial charge is 0.112 e. The Morgan fingerprint density at radius 2 is 2.25 bits per heavy atom. The van der Waals surface area contributed by atoms with Crippen molar-refractivity contribution >= 4 is 27.9 Å². The van der Waals surface area contributed by atoms with Crippen LogP contribution in [0, 0.1) is 18.3 Å². The van der Waals surface area contributed by atoms with Crippen molar-refractivity contribution in [3.63, 3.8) is 0 Å². The normalized spacial score (nSPS) is 10.4. The Hall–Kier alpha value is -2.45. The van der Waals surface area contributed by atoms with Crippen LogP contribution in [0.5, 0.6) is 0 Å². The van der Waals surface area contributed by atoms with Gasteiger partial charge in [-0.05, 0) is 18.6 Å². The molecule has 3 aromatic rings. The summed E-state index contributed by atoms with van der Waals surface area (Å²) in [5.74, 6) is 0. The molecular formula is C15H12N4S. The number of nitrogens with one attached hydrogen (secondary N) is 1. The Labute approximate surface area is 120 Å². The van der Waals surface area contributed by atoms with Gasteiger partial charge in [-0.3, -0.25) is 4.98 Å². The summed E-state index contributed by atoms with van der Waals surface area (Å²) in [6, 6.07) is 8.24. The third-order valence-corrected chi connectivity index (χ3v) is 3.82. The lowest BCUT2D eigenvalue weighted by Gasteiger charge is -2.10. The standard InChI is InChI=1S/C15H12N4S/c1-10-2-3-12-13(6-10)18-8-11(7-16)15(12)19-9-14-17-4-5-20-14/h2-6,8H,9H2,1H3,(H,18,19). The zero-order valence-corrected chi connectivity index (χ0v) is 11.7. The van der Waals surface area contributed by atoms with E-state index in [0.29, 0.717) is 12.1 Å². The average molecular weight is 280 g/mol. The lowest BCUT2D eigenvalue weighted by atomic mass is 10.1. The molecular weight excluding hydrogens is 268 g/mol. The monoisotopic (exact) mass is 280 g/mol. The molecule has 20 heavy (non-hydrogen) atoms. The zero-order valence-electron chi connectivity index (χ0n) is 10.9. The summed E-state index contributed by atoms with van der Waals surface area (Å²) in [6.07, 6.45) is 3.40. The average Bonchev–Trinajstić information content (AvgIpc) is 2.97. The van der Waals surface area contributed by atoms with Crippen LogP contribution in [-0.4, -0.2) is 9.97 Å². The highest BCUT2D eigenvalue weighted by molar-refractivity contribution is 7.09. The van der Waals surface area contributed by atoms with Crippen LogP contribution in [0.3, 0.4) is 0 Å². The van der Waals surface area contributed by atoms with E-state index in [1.165, 1.54) is 0 Å². The topological polar surface area (TPSA) is 61.6 Å². The van der Waals surface area contributed by atoms with Gasteiger partial charge in [-0.15, -0.1) is 11.3 Å². The number of pyridine rings is 1. The second-order valence-corrected chi connectivity index (χ2v) is 5.44. The molecule has 3 rings (SSSR count). The number of hydrogen-bond acceptors (Lipinski definition) is 5. The first-order valence-electron chi connectivity index (χ1n) is 6.19. The molecule has 0 radical (unpaired) electrons. The van der Waals surface area contributed by atoms with Crippen LogP contribution in [0.25, 0.3) is 10.9 Å². The minimum absolute atomic E-state index is 0.554. The minimum atomic E-state index is 0.554. The predicted molar refractivity (Wildman–Crippen MR) is 80.6 cm³/mol. The predicted octanol–water partition coefficient (Wildman–Crippen LogP) is 3.48. The maximum absolute atomic E-state index is 9.25. The molecule has 1 N–H and O–H groups in total. The SMILES string of the molecule is Cc1ccc2c(NCc3nccs3)c(C#N)cnc2c1. The summed E-state index contributed by atoms with van der Waals surface area (Å²) in [4.78, 5) is 8.58. The molecule has 2 aromatic heterocycles. The van der Waals surface area contributed by atoms with E-state index < -0.39 is 0 Å². The van der Waals surface area contributed by atoms with Gasteiger partial charge >= 0.3 is 0 Å². The van der Waals surface area contributed by atoms with Gasteiger partial charge in [0.05, 0.1) is 23.3 Å². The number of rotatable bonds is 3. The van der Waals surface area contributed by atoms with Crippen LogP contribution < -0.4 is 5.32 Å². The third-order valence-electron chi connectivity index (χ3n) is 3.04. The van der Waals surface area contributed by atoms with E-state index in [9.17, 15) is 5.26 Å². The molecule has 0 atom stereocenters. The number of benzene rings is 1. The van der Waals surface area contributed by atoms with Crippen molar-refractivity contribution in [2.45, 2.75) is 13.5 Å². The molecule has 0 aliphatic rings. The van der Waals surface area contributed by atoms with Crippen LogP contribution in [0.15, 0.2) is 36.0 Å². The first kappa shape index (κ1) is 12.6. The van der Waals surface area contributed by atoms with Crippen molar-refractivity contribution < 1.29 is 0 Å². The van der Waals surface area contributed by atoms with E-state index in [2.05, 4.69) is 21.4 Å². The van der Waals surface area contributed by atoms with Gasteiger partial charge in [-0.25, -0.2) is 4.98 Å². The fourth-order valence-corrected chi connectivity index (χ4v) is 2.64. The highest BCUT2D eigenvalue weighted by Crippen LogP contribution is 2.26. The lowest BCUT2D eigenvalue weighted by Crippen LogP contribution is -2.02. The van der Waals surface area contributed by atoms with Crippen LogP contribution in [-0.2, 0) is 6.54 Å². The van der Waals surface area contributed by atoms with Crippen molar-refractivity contribution in [3.05, 3.63) is 52.1 Å². The largest absolute Gasteiger partial charge is 0.377 e. The van der Waals surface area contributed by atoms with E-state index in [0.717, 1.165) is 27.2 Å². The molecule has 0 bridgehead atoms. The molecule has 0 saturated carbocycles. The molecule has 1 aromatic carbocycles. The Kier molecular flexibility index (Phi) is 3.32. The van der Waals surface area contributed by atoms with Gasteiger partial charge in [-0.1, -0.05) is 12.1 Å². The Morgan fingerprint density at radius 1 is 1.35 bits per heavy atom. The summed E-state index contributed by atoms with van der Waals surface area (Å²) in [6.45, 7) is 2.64. The Balaban J connectivity index is 2.04. The van der Waals surface area contributed by atoms with Crippen LogP contribution >= 0.6 is 11.3 Å². The number of aromatic nitrogens is 2. The van der Waals surface area contributed by atoms with Gasteiger partial charge in [0, 0.05) is 23.2 Å². The molecule has 0 amide bonds. The molecule has 0 fully saturated rings. The van der Waals surface area contributed by atoms with E-state index in [4.69, 9.17) is 0 Å². The van der Waals surface area contributed by atoms with E-state index in [1.807, 2.05) is 30.5 Å².